The minimum atomic E-state index is -0.350. The fourth-order valence-electron chi connectivity index (χ4n) is 2.08. The normalized spacial score (nSPS) is 10.3. The van der Waals surface area contributed by atoms with E-state index in [4.69, 9.17) is 16.9 Å². The van der Waals surface area contributed by atoms with E-state index in [1.807, 2.05) is 25.1 Å². The van der Waals surface area contributed by atoms with Crippen LogP contribution in [0.4, 0.5) is 0 Å². The van der Waals surface area contributed by atoms with Crippen LogP contribution in [0.25, 0.3) is 5.69 Å². The molecule has 114 valence electrons. The van der Waals surface area contributed by atoms with Crippen LogP contribution in [0.2, 0.25) is 5.02 Å². The van der Waals surface area contributed by atoms with E-state index in [0.29, 0.717) is 23.1 Å². The van der Waals surface area contributed by atoms with E-state index in [0.717, 1.165) is 6.42 Å². The first-order valence-corrected chi connectivity index (χ1v) is 7.31. The van der Waals surface area contributed by atoms with Gasteiger partial charge in [0.05, 0.1) is 16.8 Å². The van der Waals surface area contributed by atoms with Gasteiger partial charge < -0.3 is 4.90 Å². The van der Waals surface area contributed by atoms with Gasteiger partial charge in [-0.25, -0.2) is 9.67 Å². The Morgan fingerprint density at radius 3 is 2.82 bits per heavy atom. The van der Waals surface area contributed by atoms with Crippen molar-refractivity contribution in [3.63, 3.8) is 0 Å². The molecular formula is C15H16ClN5O. The Labute approximate surface area is 133 Å². The van der Waals surface area contributed by atoms with Gasteiger partial charge in [-0.3, -0.25) is 4.79 Å². The van der Waals surface area contributed by atoms with Gasteiger partial charge >= 0.3 is 0 Å². The van der Waals surface area contributed by atoms with Crippen molar-refractivity contribution in [2.45, 2.75) is 20.3 Å². The van der Waals surface area contributed by atoms with Gasteiger partial charge in [-0.15, -0.1) is 5.10 Å². The molecule has 0 aliphatic carbocycles. The van der Waals surface area contributed by atoms with Crippen molar-refractivity contribution in [3.05, 3.63) is 40.9 Å². The Hall–Kier alpha value is -2.39. The zero-order valence-corrected chi connectivity index (χ0v) is 13.2. The largest absolute Gasteiger partial charge is 0.323 e. The van der Waals surface area contributed by atoms with Gasteiger partial charge in [-0.2, -0.15) is 5.26 Å². The molecule has 0 N–H and O–H groups in total. The fourth-order valence-corrected chi connectivity index (χ4v) is 2.30. The minimum absolute atomic E-state index is 0.0202. The van der Waals surface area contributed by atoms with E-state index >= 15 is 0 Å². The highest BCUT2D eigenvalue weighted by Crippen LogP contribution is 2.20. The van der Waals surface area contributed by atoms with Crippen LogP contribution < -0.4 is 0 Å². The molecule has 1 heterocycles. The molecule has 0 bridgehead atoms. The molecule has 1 aromatic carbocycles. The summed E-state index contributed by atoms with van der Waals surface area (Å²) in [5.74, 6) is 0.281. The van der Waals surface area contributed by atoms with Gasteiger partial charge in [-0.1, -0.05) is 30.7 Å². The number of benzene rings is 1. The van der Waals surface area contributed by atoms with Crippen LogP contribution in [0.5, 0.6) is 0 Å². The maximum Gasteiger partial charge on any atom is 0.294 e. The summed E-state index contributed by atoms with van der Waals surface area (Å²) < 4.78 is 1.53. The molecule has 0 radical (unpaired) electrons. The molecule has 2 aromatic rings. The summed E-state index contributed by atoms with van der Waals surface area (Å²) in [5, 5.41) is 13.6. The first-order chi connectivity index (χ1) is 10.6. The lowest BCUT2D eigenvalue weighted by Crippen LogP contribution is -2.33. The second-order valence-corrected chi connectivity index (χ2v) is 5.14. The Kier molecular flexibility index (Phi) is 5.12. The van der Waals surface area contributed by atoms with E-state index in [9.17, 15) is 4.79 Å². The average Bonchev–Trinajstić information content (AvgIpc) is 2.88. The number of rotatable bonds is 5. The molecule has 0 saturated heterocycles. The number of hydrogen-bond donors (Lipinski definition) is 0. The van der Waals surface area contributed by atoms with Crippen molar-refractivity contribution in [1.82, 2.24) is 19.7 Å². The molecule has 0 saturated carbocycles. The summed E-state index contributed by atoms with van der Waals surface area (Å²) in [6, 6.07) is 9.19. The average molecular weight is 318 g/mol. The minimum Gasteiger partial charge on any atom is -0.323 e. The molecule has 0 atom stereocenters. The van der Waals surface area contributed by atoms with E-state index in [-0.39, 0.29) is 18.3 Å². The number of amides is 1. The number of aromatic nitrogens is 3. The van der Waals surface area contributed by atoms with Crippen LogP contribution in [0.3, 0.4) is 0 Å². The predicted octanol–water partition coefficient (Wildman–Crippen LogP) is 2.60. The van der Waals surface area contributed by atoms with Gasteiger partial charge in [-0.05, 0) is 25.5 Å². The van der Waals surface area contributed by atoms with E-state index in [1.165, 1.54) is 9.58 Å². The van der Waals surface area contributed by atoms with E-state index in [2.05, 4.69) is 10.1 Å². The van der Waals surface area contributed by atoms with Crippen molar-refractivity contribution < 1.29 is 4.79 Å². The van der Waals surface area contributed by atoms with Crippen molar-refractivity contribution in [2.75, 3.05) is 13.1 Å². The highest BCUT2D eigenvalue weighted by Gasteiger charge is 2.21. The van der Waals surface area contributed by atoms with Crippen LogP contribution in [0, 0.1) is 18.3 Å². The monoisotopic (exact) mass is 317 g/mol. The second-order valence-electron chi connectivity index (χ2n) is 4.73. The first kappa shape index (κ1) is 16.0. The highest BCUT2D eigenvalue weighted by molar-refractivity contribution is 6.32. The Morgan fingerprint density at radius 2 is 2.18 bits per heavy atom. The predicted molar refractivity (Wildman–Crippen MR) is 82.9 cm³/mol. The number of carbonyl (C=O) groups excluding carboxylic acids is 1. The van der Waals surface area contributed by atoms with Gasteiger partial charge in [0.2, 0.25) is 5.82 Å². The lowest BCUT2D eigenvalue weighted by molar-refractivity contribution is 0.0764. The van der Waals surface area contributed by atoms with Gasteiger partial charge in [0, 0.05) is 6.54 Å². The lowest BCUT2D eigenvalue weighted by Gasteiger charge is -2.16. The Bertz CT molecular complexity index is 719. The number of hydrogen-bond acceptors (Lipinski definition) is 4. The standard InChI is InChI=1S/C15H16ClN5O/c1-3-9-20(10-8-17)15(22)14-18-11(2)21(19-14)13-7-5-4-6-12(13)16/h4-7H,3,9-10H2,1-2H3. The highest BCUT2D eigenvalue weighted by atomic mass is 35.5. The Balaban J connectivity index is 2.35. The molecule has 0 aliphatic rings. The van der Waals surface area contributed by atoms with Crippen LogP contribution in [0.15, 0.2) is 24.3 Å². The number of carbonyl (C=O) groups is 1. The third-order valence-electron chi connectivity index (χ3n) is 3.08. The Morgan fingerprint density at radius 1 is 1.45 bits per heavy atom. The van der Waals surface area contributed by atoms with Crippen molar-refractivity contribution in [3.8, 4) is 11.8 Å². The molecule has 22 heavy (non-hydrogen) atoms. The number of nitriles is 1. The molecule has 0 unspecified atom stereocenters. The quantitative estimate of drug-likeness (QED) is 0.794. The van der Waals surface area contributed by atoms with E-state index < -0.39 is 0 Å². The summed E-state index contributed by atoms with van der Waals surface area (Å²) in [7, 11) is 0. The molecule has 0 aliphatic heterocycles. The van der Waals surface area contributed by atoms with Gasteiger partial charge in [0.15, 0.2) is 0 Å². The molecule has 1 aromatic heterocycles. The lowest BCUT2D eigenvalue weighted by atomic mass is 10.3. The zero-order valence-electron chi connectivity index (χ0n) is 12.5. The maximum absolute atomic E-state index is 12.4. The smallest absolute Gasteiger partial charge is 0.294 e. The topological polar surface area (TPSA) is 74.8 Å². The van der Waals surface area contributed by atoms with E-state index in [1.54, 1.807) is 19.1 Å². The van der Waals surface area contributed by atoms with Crippen molar-refractivity contribution in [1.29, 1.82) is 5.26 Å². The van der Waals surface area contributed by atoms with Crippen molar-refractivity contribution in [2.24, 2.45) is 0 Å². The first-order valence-electron chi connectivity index (χ1n) is 6.93. The van der Waals surface area contributed by atoms with Crippen molar-refractivity contribution >= 4 is 17.5 Å². The molecule has 1 amide bonds. The summed E-state index contributed by atoms with van der Waals surface area (Å²) in [5.41, 5.74) is 0.663. The SMILES string of the molecule is CCCN(CC#N)C(=O)c1nc(C)n(-c2ccccc2Cl)n1. The second kappa shape index (κ2) is 7.05. The van der Waals surface area contributed by atoms with Crippen LogP contribution in [0.1, 0.15) is 29.8 Å². The molecule has 6 nitrogen and oxygen atoms in total. The number of para-hydroxylation sites is 1. The molecule has 0 fully saturated rings. The summed E-state index contributed by atoms with van der Waals surface area (Å²) in [6.45, 7) is 4.21. The van der Waals surface area contributed by atoms with Crippen LogP contribution in [-0.4, -0.2) is 38.7 Å². The third kappa shape index (κ3) is 3.26. The molecule has 2 rings (SSSR count). The van der Waals surface area contributed by atoms with Crippen LogP contribution in [-0.2, 0) is 0 Å². The third-order valence-corrected chi connectivity index (χ3v) is 3.40. The summed E-state index contributed by atoms with van der Waals surface area (Å²) in [4.78, 5) is 18.1. The van der Waals surface area contributed by atoms with Crippen LogP contribution >= 0.6 is 11.6 Å². The zero-order chi connectivity index (χ0) is 16.1. The van der Waals surface area contributed by atoms with Gasteiger partial charge in [0.1, 0.15) is 12.4 Å². The molecular weight excluding hydrogens is 302 g/mol. The summed E-state index contributed by atoms with van der Waals surface area (Å²) >= 11 is 6.15. The number of aryl methyl sites for hydroxylation is 1. The fraction of sp³-hybridized carbons (Fsp3) is 0.333. The molecule has 7 heteroatoms. The van der Waals surface area contributed by atoms with Gasteiger partial charge in [0.25, 0.3) is 5.91 Å². The summed E-state index contributed by atoms with van der Waals surface area (Å²) in [6.07, 6.45) is 0.762. The maximum atomic E-state index is 12.4. The molecule has 0 spiro atoms. The number of halogens is 1. The number of nitrogens with zero attached hydrogens (tertiary/aromatic N) is 5.